The van der Waals surface area contributed by atoms with Crippen LogP contribution in [0.4, 0.5) is 16.2 Å². The van der Waals surface area contributed by atoms with Crippen LogP contribution in [0.1, 0.15) is 50.0 Å². The van der Waals surface area contributed by atoms with Crippen molar-refractivity contribution in [3.63, 3.8) is 0 Å². The minimum atomic E-state index is -0.679. The fourth-order valence-electron chi connectivity index (χ4n) is 5.52. The summed E-state index contributed by atoms with van der Waals surface area (Å²) >= 11 is 0. The molecule has 0 radical (unpaired) electrons. The van der Waals surface area contributed by atoms with Crippen molar-refractivity contribution in [3.05, 3.63) is 77.9 Å². The fraction of sp³-hybridized carbons (Fsp3) is 0.379. The molecule has 0 spiro atoms. The molecule has 35 heavy (non-hydrogen) atoms. The first-order valence-electron chi connectivity index (χ1n) is 12.6. The van der Waals surface area contributed by atoms with Crippen molar-refractivity contribution < 1.29 is 19.4 Å². The Morgan fingerprint density at radius 2 is 1.86 bits per heavy atom. The predicted molar refractivity (Wildman–Crippen MR) is 137 cm³/mol. The van der Waals surface area contributed by atoms with Crippen LogP contribution in [0.3, 0.4) is 0 Å². The zero-order chi connectivity index (χ0) is 24.2. The highest BCUT2D eigenvalue weighted by molar-refractivity contribution is 6.03. The van der Waals surface area contributed by atoms with E-state index < -0.39 is 5.97 Å². The predicted octanol–water partition coefficient (Wildman–Crippen LogP) is 6.37. The van der Waals surface area contributed by atoms with Gasteiger partial charge in [-0.05, 0) is 79.3 Å². The van der Waals surface area contributed by atoms with E-state index in [2.05, 4.69) is 35.7 Å². The number of carboxylic acid groups (broad SMARTS) is 1. The van der Waals surface area contributed by atoms with Crippen LogP contribution in [0.2, 0.25) is 0 Å². The van der Waals surface area contributed by atoms with E-state index in [0.717, 1.165) is 49.2 Å². The van der Waals surface area contributed by atoms with Crippen molar-refractivity contribution >= 4 is 23.4 Å². The van der Waals surface area contributed by atoms with E-state index in [1.165, 1.54) is 11.1 Å². The number of fused-ring (bicyclic) bond motifs is 1. The number of carboxylic acids is 1. The monoisotopic (exact) mass is 472 g/mol. The number of hydrogen-bond acceptors (Lipinski definition) is 3. The molecular formula is C29H32N2O4. The fourth-order valence-corrected chi connectivity index (χ4v) is 5.52. The molecule has 1 fully saturated rings. The van der Waals surface area contributed by atoms with Crippen LogP contribution in [-0.2, 0) is 4.79 Å². The first kappa shape index (κ1) is 23.2. The van der Waals surface area contributed by atoms with Crippen LogP contribution in [0.25, 0.3) is 0 Å². The largest absolute Gasteiger partial charge is 0.490 e. The van der Waals surface area contributed by atoms with Gasteiger partial charge in [-0.2, -0.15) is 0 Å². The van der Waals surface area contributed by atoms with Crippen molar-refractivity contribution in [2.24, 2.45) is 11.8 Å². The van der Waals surface area contributed by atoms with Gasteiger partial charge in [0.05, 0.1) is 12.2 Å². The zero-order valence-corrected chi connectivity index (χ0v) is 19.9. The van der Waals surface area contributed by atoms with Gasteiger partial charge >= 0.3 is 12.0 Å². The van der Waals surface area contributed by atoms with Gasteiger partial charge in [0.2, 0.25) is 0 Å². The third-order valence-corrected chi connectivity index (χ3v) is 7.46. The van der Waals surface area contributed by atoms with E-state index in [9.17, 15) is 9.59 Å². The highest BCUT2D eigenvalue weighted by Crippen LogP contribution is 2.40. The smallest absolute Gasteiger partial charge is 0.326 e. The molecule has 1 saturated carbocycles. The normalized spacial score (nSPS) is 23.6. The van der Waals surface area contributed by atoms with E-state index in [-0.39, 0.29) is 11.9 Å². The summed E-state index contributed by atoms with van der Waals surface area (Å²) in [6.07, 6.45) is 12.3. The lowest BCUT2D eigenvalue weighted by Gasteiger charge is -2.31. The molecule has 0 saturated heterocycles. The number of hydrogen-bond donors (Lipinski definition) is 2. The van der Waals surface area contributed by atoms with E-state index in [0.29, 0.717) is 31.4 Å². The zero-order valence-electron chi connectivity index (χ0n) is 19.9. The Balaban J connectivity index is 1.22. The first-order valence-corrected chi connectivity index (χ1v) is 12.6. The number of anilines is 2. The summed E-state index contributed by atoms with van der Waals surface area (Å²) in [7, 11) is 0. The highest BCUT2D eigenvalue weighted by Gasteiger charge is 2.27. The van der Waals surface area contributed by atoms with E-state index in [4.69, 9.17) is 9.84 Å². The molecule has 6 nitrogen and oxygen atoms in total. The molecule has 2 amide bonds. The minimum absolute atomic E-state index is 0.156. The first-order chi connectivity index (χ1) is 17.1. The Labute approximate surface area is 206 Å². The van der Waals surface area contributed by atoms with Gasteiger partial charge in [0.1, 0.15) is 12.4 Å². The molecule has 3 aliphatic rings. The van der Waals surface area contributed by atoms with Crippen LogP contribution in [-0.4, -0.2) is 30.3 Å². The Morgan fingerprint density at radius 3 is 2.57 bits per heavy atom. The minimum Gasteiger partial charge on any atom is -0.490 e. The van der Waals surface area contributed by atoms with E-state index in [1.54, 1.807) is 4.90 Å². The van der Waals surface area contributed by atoms with Gasteiger partial charge in [0.15, 0.2) is 0 Å². The van der Waals surface area contributed by atoms with E-state index in [1.807, 2.05) is 36.4 Å². The Morgan fingerprint density at radius 1 is 1.06 bits per heavy atom. The summed E-state index contributed by atoms with van der Waals surface area (Å²) in [5.41, 5.74) is 4.15. The summed E-state index contributed by atoms with van der Waals surface area (Å²) < 4.78 is 5.94. The molecular weight excluding hydrogens is 440 g/mol. The highest BCUT2D eigenvalue weighted by atomic mass is 16.5. The molecule has 6 heteroatoms. The molecule has 1 atom stereocenters. The topological polar surface area (TPSA) is 78.9 Å². The number of para-hydroxylation sites is 1. The van der Waals surface area contributed by atoms with Gasteiger partial charge in [-0.1, -0.05) is 42.5 Å². The van der Waals surface area contributed by atoms with Crippen molar-refractivity contribution in [3.8, 4) is 5.75 Å². The lowest BCUT2D eigenvalue weighted by atomic mass is 9.75. The van der Waals surface area contributed by atoms with Gasteiger partial charge in [0, 0.05) is 18.0 Å². The molecule has 2 aromatic carbocycles. The SMILES string of the molecule is O=C(O)CC1CCC(C2=CCC(c3ccc4c(c3)OCCN4C(=O)Nc3ccccc3)C=C2)CC1. The molecule has 1 unspecified atom stereocenters. The maximum absolute atomic E-state index is 12.9. The lowest BCUT2D eigenvalue weighted by molar-refractivity contribution is -0.138. The van der Waals surface area contributed by atoms with Gasteiger partial charge in [0.25, 0.3) is 0 Å². The number of nitrogens with one attached hydrogen (secondary N) is 1. The Bertz CT molecular complexity index is 1130. The molecule has 0 bridgehead atoms. The van der Waals surface area contributed by atoms with Crippen molar-refractivity contribution in [1.29, 1.82) is 0 Å². The summed E-state index contributed by atoms with van der Waals surface area (Å²) in [5, 5.41) is 12.0. The molecule has 2 aliphatic carbocycles. The summed E-state index contributed by atoms with van der Waals surface area (Å²) in [6.45, 7) is 0.975. The van der Waals surface area contributed by atoms with Crippen molar-refractivity contribution in [2.75, 3.05) is 23.4 Å². The van der Waals surface area contributed by atoms with Gasteiger partial charge < -0.3 is 15.2 Å². The molecule has 5 rings (SSSR count). The summed E-state index contributed by atoms with van der Waals surface area (Å²) in [5.74, 6) is 1.22. The summed E-state index contributed by atoms with van der Waals surface area (Å²) in [6, 6.07) is 15.5. The average molecular weight is 473 g/mol. The molecule has 0 aromatic heterocycles. The number of allylic oxidation sites excluding steroid dienone is 4. The van der Waals surface area contributed by atoms with Crippen LogP contribution in [0, 0.1) is 11.8 Å². The quantitative estimate of drug-likeness (QED) is 0.530. The third-order valence-electron chi connectivity index (χ3n) is 7.46. The second-order valence-corrected chi connectivity index (χ2v) is 9.74. The lowest BCUT2D eigenvalue weighted by Crippen LogP contribution is -2.40. The molecule has 2 N–H and O–H groups in total. The second-order valence-electron chi connectivity index (χ2n) is 9.74. The maximum Gasteiger partial charge on any atom is 0.326 e. The van der Waals surface area contributed by atoms with Crippen molar-refractivity contribution in [2.45, 2.75) is 44.4 Å². The number of carbonyl (C=O) groups is 2. The van der Waals surface area contributed by atoms with Gasteiger partial charge in [-0.25, -0.2) is 4.79 Å². The van der Waals surface area contributed by atoms with Crippen LogP contribution in [0.5, 0.6) is 5.75 Å². The van der Waals surface area contributed by atoms with Crippen molar-refractivity contribution in [1.82, 2.24) is 0 Å². The Hall–Kier alpha value is -3.54. The molecule has 1 heterocycles. The van der Waals surface area contributed by atoms with Crippen LogP contribution in [0.15, 0.2) is 72.3 Å². The number of carbonyl (C=O) groups excluding carboxylic acids is 1. The second kappa shape index (κ2) is 10.4. The number of nitrogens with zero attached hydrogens (tertiary/aromatic N) is 1. The number of benzene rings is 2. The number of urea groups is 1. The van der Waals surface area contributed by atoms with Crippen LogP contribution >= 0.6 is 0 Å². The number of rotatable bonds is 5. The third kappa shape index (κ3) is 5.42. The standard InChI is InChI=1S/C29H32N2O4/c32-28(33)18-20-6-8-21(9-7-20)22-10-12-23(13-11-22)24-14-15-26-27(19-24)35-17-16-31(26)29(34)30-25-4-2-1-3-5-25/h1-5,10-12,14-15,19-21,23H,6-9,13,16-18H2,(H,30,34)(H,32,33). The molecule has 182 valence electrons. The number of ether oxygens (including phenoxy) is 1. The maximum atomic E-state index is 12.9. The van der Waals surface area contributed by atoms with Crippen LogP contribution < -0.4 is 15.0 Å². The average Bonchev–Trinajstić information content (AvgIpc) is 2.89. The number of amides is 2. The Kier molecular flexibility index (Phi) is 6.89. The van der Waals surface area contributed by atoms with E-state index >= 15 is 0 Å². The van der Waals surface area contributed by atoms with Gasteiger partial charge in [-0.15, -0.1) is 0 Å². The number of aliphatic carboxylic acids is 1. The molecule has 1 aliphatic heterocycles. The molecule has 2 aromatic rings. The summed E-state index contributed by atoms with van der Waals surface area (Å²) in [4.78, 5) is 25.6. The van der Waals surface area contributed by atoms with Gasteiger partial charge in [-0.3, -0.25) is 9.69 Å².